The SMILES string of the molecule is c1ccc2cc(N(c3ccc4ccc5cccc6ccc3c4c56)c3ccc4ccc5cccc6ccc3c4c56)ccc2c1. The third kappa shape index (κ3) is 3.17. The topological polar surface area (TPSA) is 3.24 Å². The first-order valence-corrected chi connectivity index (χ1v) is 14.9. The van der Waals surface area contributed by atoms with Crippen LogP contribution in [0.4, 0.5) is 17.1 Å². The van der Waals surface area contributed by atoms with Gasteiger partial charge in [-0.05, 0) is 88.9 Å². The zero-order chi connectivity index (χ0) is 28.1. The Labute approximate surface area is 248 Å². The van der Waals surface area contributed by atoms with Crippen molar-refractivity contribution in [3.05, 3.63) is 152 Å². The predicted molar refractivity (Wildman–Crippen MR) is 186 cm³/mol. The fourth-order valence-corrected chi connectivity index (χ4v) is 7.55. The van der Waals surface area contributed by atoms with E-state index in [-0.39, 0.29) is 0 Å². The van der Waals surface area contributed by atoms with Gasteiger partial charge in [0.25, 0.3) is 0 Å². The number of fused-ring (bicyclic) bond motifs is 1. The average Bonchev–Trinajstić information content (AvgIpc) is 3.07. The molecule has 0 heterocycles. The molecule has 0 atom stereocenters. The summed E-state index contributed by atoms with van der Waals surface area (Å²) in [6, 6.07) is 56.3. The van der Waals surface area contributed by atoms with Crippen LogP contribution >= 0.6 is 0 Å². The van der Waals surface area contributed by atoms with E-state index in [2.05, 4.69) is 157 Å². The van der Waals surface area contributed by atoms with Gasteiger partial charge in [-0.3, -0.25) is 0 Å². The summed E-state index contributed by atoms with van der Waals surface area (Å²) in [6.45, 7) is 0. The third-order valence-electron chi connectivity index (χ3n) is 9.48. The number of nitrogens with zero attached hydrogens (tertiary/aromatic N) is 1. The smallest absolute Gasteiger partial charge is 0.0540 e. The van der Waals surface area contributed by atoms with Crippen LogP contribution in [-0.4, -0.2) is 0 Å². The molecular formula is C42H25N. The highest BCUT2D eigenvalue weighted by Crippen LogP contribution is 2.47. The fraction of sp³-hybridized carbons (Fsp3) is 0. The summed E-state index contributed by atoms with van der Waals surface area (Å²) < 4.78 is 0. The van der Waals surface area contributed by atoms with Gasteiger partial charge in [0, 0.05) is 16.5 Å². The van der Waals surface area contributed by atoms with E-state index in [1.54, 1.807) is 0 Å². The van der Waals surface area contributed by atoms with E-state index in [1.165, 1.54) is 86.8 Å². The van der Waals surface area contributed by atoms with Crippen LogP contribution < -0.4 is 4.90 Å². The van der Waals surface area contributed by atoms with Crippen molar-refractivity contribution in [2.45, 2.75) is 0 Å². The maximum absolute atomic E-state index is 2.49. The van der Waals surface area contributed by atoms with Crippen molar-refractivity contribution in [2.24, 2.45) is 0 Å². The molecule has 0 unspecified atom stereocenters. The second-order valence-electron chi connectivity index (χ2n) is 11.7. The van der Waals surface area contributed by atoms with Crippen molar-refractivity contribution < 1.29 is 0 Å². The maximum Gasteiger partial charge on any atom is 0.0540 e. The minimum atomic E-state index is 1.16. The number of anilines is 3. The molecule has 1 heteroatoms. The molecule has 0 fully saturated rings. The minimum absolute atomic E-state index is 1.16. The van der Waals surface area contributed by atoms with Gasteiger partial charge in [-0.2, -0.15) is 0 Å². The molecule has 198 valence electrons. The predicted octanol–water partition coefficient (Wildman–Crippen LogP) is 12.1. The average molecular weight is 544 g/mol. The highest BCUT2D eigenvalue weighted by atomic mass is 15.1. The first kappa shape index (κ1) is 23.0. The third-order valence-corrected chi connectivity index (χ3v) is 9.48. The molecule has 10 aromatic rings. The molecule has 0 aliphatic carbocycles. The zero-order valence-corrected chi connectivity index (χ0v) is 23.4. The van der Waals surface area contributed by atoms with E-state index in [4.69, 9.17) is 0 Å². The summed E-state index contributed by atoms with van der Waals surface area (Å²) in [7, 11) is 0. The summed E-state index contributed by atoms with van der Waals surface area (Å²) in [6.07, 6.45) is 0. The van der Waals surface area contributed by atoms with E-state index in [9.17, 15) is 0 Å². The van der Waals surface area contributed by atoms with E-state index in [0.717, 1.165) is 5.69 Å². The van der Waals surface area contributed by atoms with Gasteiger partial charge in [0.05, 0.1) is 11.4 Å². The van der Waals surface area contributed by atoms with Gasteiger partial charge in [-0.25, -0.2) is 0 Å². The molecule has 1 nitrogen and oxygen atoms in total. The van der Waals surface area contributed by atoms with Crippen molar-refractivity contribution in [3.8, 4) is 0 Å². The molecule has 0 aliphatic rings. The Balaban J connectivity index is 1.35. The van der Waals surface area contributed by atoms with Crippen LogP contribution in [0.1, 0.15) is 0 Å². The van der Waals surface area contributed by atoms with Crippen molar-refractivity contribution in [3.63, 3.8) is 0 Å². The van der Waals surface area contributed by atoms with Crippen LogP contribution in [-0.2, 0) is 0 Å². The summed E-state index contributed by atoms with van der Waals surface area (Å²) in [5.41, 5.74) is 3.54. The standard InChI is InChI=1S/C42H25N/c1-2-6-33-25-34(20-15-26(33)5-1)43(37-23-18-31-13-11-27-7-3-9-29-16-21-35(37)41(31)39(27)29)38-24-19-32-14-12-28-8-4-10-30-17-22-36(38)42(32)40(28)30/h1-25H. The molecule has 0 N–H and O–H groups in total. The molecule has 0 aromatic heterocycles. The van der Waals surface area contributed by atoms with Crippen molar-refractivity contribution >= 4 is 92.5 Å². The molecule has 0 radical (unpaired) electrons. The zero-order valence-electron chi connectivity index (χ0n) is 23.4. The summed E-state index contributed by atoms with van der Waals surface area (Å²) in [4.78, 5) is 2.49. The van der Waals surface area contributed by atoms with E-state index >= 15 is 0 Å². The Morgan fingerprint density at radius 1 is 0.279 bits per heavy atom. The Hall–Kier alpha value is -5.66. The minimum Gasteiger partial charge on any atom is -0.309 e. The Kier molecular flexibility index (Phi) is 4.51. The van der Waals surface area contributed by atoms with Crippen LogP contribution in [0.25, 0.3) is 75.4 Å². The Morgan fingerprint density at radius 3 is 1.21 bits per heavy atom. The van der Waals surface area contributed by atoms with Crippen LogP contribution in [0.2, 0.25) is 0 Å². The van der Waals surface area contributed by atoms with Crippen LogP contribution in [0.15, 0.2) is 152 Å². The first-order valence-electron chi connectivity index (χ1n) is 14.9. The number of rotatable bonds is 3. The molecule has 0 amide bonds. The van der Waals surface area contributed by atoms with Crippen LogP contribution in [0.3, 0.4) is 0 Å². The van der Waals surface area contributed by atoms with Gasteiger partial charge < -0.3 is 4.90 Å². The summed E-state index contributed by atoms with van der Waals surface area (Å²) in [5.74, 6) is 0. The molecule has 10 aromatic carbocycles. The van der Waals surface area contributed by atoms with Crippen LogP contribution in [0.5, 0.6) is 0 Å². The second kappa shape index (κ2) is 8.44. The Bertz CT molecular complexity index is 2500. The lowest BCUT2D eigenvalue weighted by Gasteiger charge is -2.29. The molecule has 0 bridgehead atoms. The largest absolute Gasteiger partial charge is 0.309 e. The molecule has 10 rings (SSSR count). The van der Waals surface area contributed by atoms with Gasteiger partial charge >= 0.3 is 0 Å². The molecule has 0 aliphatic heterocycles. The monoisotopic (exact) mass is 543 g/mol. The van der Waals surface area contributed by atoms with Gasteiger partial charge in [0.2, 0.25) is 0 Å². The normalized spacial score (nSPS) is 12.2. The lowest BCUT2D eigenvalue weighted by Crippen LogP contribution is -2.11. The number of hydrogen-bond donors (Lipinski definition) is 0. The van der Waals surface area contributed by atoms with E-state index in [0.29, 0.717) is 0 Å². The number of hydrogen-bond acceptors (Lipinski definition) is 1. The maximum atomic E-state index is 2.49. The summed E-state index contributed by atoms with van der Waals surface area (Å²) in [5, 5.41) is 18.0. The summed E-state index contributed by atoms with van der Waals surface area (Å²) >= 11 is 0. The number of benzene rings is 10. The van der Waals surface area contributed by atoms with Crippen LogP contribution in [0, 0.1) is 0 Å². The highest BCUT2D eigenvalue weighted by Gasteiger charge is 2.21. The van der Waals surface area contributed by atoms with Crippen molar-refractivity contribution in [1.82, 2.24) is 0 Å². The van der Waals surface area contributed by atoms with Gasteiger partial charge in [-0.15, -0.1) is 0 Å². The van der Waals surface area contributed by atoms with Crippen molar-refractivity contribution in [2.75, 3.05) is 4.90 Å². The van der Waals surface area contributed by atoms with Crippen molar-refractivity contribution in [1.29, 1.82) is 0 Å². The molecular weight excluding hydrogens is 518 g/mol. The molecule has 0 saturated heterocycles. The lowest BCUT2D eigenvalue weighted by molar-refractivity contribution is 1.32. The lowest BCUT2D eigenvalue weighted by atomic mass is 9.91. The van der Waals surface area contributed by atoms with Gasteiger partial charge in [0.1, 0.15) is 0 Å². The van der Waals surface area contributed by atoms with E-state index in [1.807, 2.05) is 0 Å². The fourth-order valence-electron chi connectivity index (χ4n) is 7.55. The molecule has 0 spiro atoms. The quantitative estimate of drug-likeness (QED) is 0.200. The van der Waals surface area contributed by atoms with Gasteiger partial charge in [0.15, 0.2) is 0 Å². The molecule has 43 heavy (non-hydrogen) atoms. The van der Waals surface area contributed by atoms with E-state index < -0.39 is 0 Å². The van der Waals surface area contributed by atoms with Gasteiger partial charge in [-0.1, -0.05) is 127 Å². The first-order chi connectivity index (χ1) is 21.3. The second-order valence-corrected chi connectivity index (χ2v) is 11.7. The highest BCUT2D eigenvalue weighted by molar-refractivity contribution is 6.28. The molecule has 0 saturated carbocycles. The Morgan fingerprint density at radius 2 is 0.674 bits per heavy atom.